The molecule has 2 heterocycles. The molecule has 0 unspecified atom stereocenters. The second-order valence-electron chi connectivity index (χ2n) is 8.51. The third-order valence-corrected chi connectivity index (χ3v) is 6.21. The highest BCUT2D eigenvalue weighted by atomic mass is 19.1. The zero-order valence-electron chi connectivity index (χ0n) is 19.6. The van der Waals surface area contributed by atoms with Crippen molar-refractivity contribution < 1.29 is 23.0 Å². The summed E-state index contributed by atoms with van der Waals surface area (Å²) in [4.78, 5) is 19.8. The van der Waals surface area contributed by atoms with Crippen LogP contribution in [0.4, 0.5) is 8.78 Å². The molecule has 1 aliphatic rings. The van der Waals surface area contributed by atoms with Gasteiger partial charge in [-0.05, 0) is 67.9 Å². The highest BCUT2D eigenvalue weighted by Crippen LogP contribution is 2.26. The molecule has 1 saturated heterocycles. The summed E-state index contributed by atoms with van der Waals surface area (Å²) in [6, 6.07) is 16.0. The number of carbonyl (C=O) groups excluding carboxylic acids is 1. The monoisotopic (exact) mass is 481 g/mol. The van der Waals surface area contributed by atoms with Gasteiger partial charge in [0.05, 0.1) is 18.8 Å². The highest BCUT2D eigenvalue weighted by Gasteiger charge is 2.28. The summed E-state index contributed by atoms with van der Waals surface area (Å²) in [6.45, 7) is 2.26. The van der Waals surface area contributed by atoms with Crippen molar-refractivity contribution in [2.45, 2.75) is 18.9 Å². The molecule has 0 bridgehead atoms. The summed E-state index contributed by atoms with van der Waals surface area (Å²) in [5, 5.41) is 3.18. The molecular formula is C27H29F2N3O3. The van der Waals surface area contributed by atoms with Crippen molar-refractivity contribution in [2.75, 3.05) is 33.4 Å². The van der Waals surface area contributed by atoms with Gasteiger partial charge in [-0.1, -0.05) is 18.2 Å². The van der Waals surface area contributed by atoms with E-state index >= 15 is 0 Å². The largest absolute Gasteiger partial charge is 0.497 e. The lowest BCUT2D eigenvalue weighted by atomic mass is 9.94. The minimum Gasteiger partial charge on any atom is -0.497 e. The van der Waals surface area contributed by atoms with E-state index in [2.05, 4.69) is 15.2 Å². The first-order valence-corrected chi connectivity index (χ1v) is 11.7. The lowest BCUT2D eigenvalue weighted by Gasteiger charge is -2.32. The lowest BCUT2D eigenvalue weighted by Crippen LogP contribution is -2.43. The van der Waals surface area contributed by atoms with Crippen molar-refractivity contribution in [1.29, 1.82) is 0 Å². The van der Waals surface area contributed by atoms with Crippen LogP contribution in [0.5, 0.6) is 11.5 Å². The number of rotatable bonds is 9. The third kappa shape index (κ3) is 6.54. The van der Waals surface area contributed by atoms with E-state index in [9.17, 15) is 13.6 Å². The molecule has 0 spiro atoms. The normalized spacial score (nSPS) is 15.4. The van der Waals surface area contributed by atoms with Crippen LogP contribution in [0, 0.1) is 17.6 Å². The number of amides is 1. The van der Waals surface area contributed by atoms with E-state index in [4.69, 9.17) is 9.47 Å². The van der Waals surface area contributed by atoms with Crippen LogP contribution in [0.25, 0.3) is 0 Å². The number of carbonyl (C=O) groups is 1. The Morgan fingerprint density at radius 1 is 1.11 bits per heavy atom. The van der Waals surface area contributed by atoms with Gasteiger partial charge in [0.25, 0.3) is 0 Å². The number of benzene rings is 2. The van der Waals surface area contributed by atoms with E-state index in [0.29, 0.717) is 25.1 Å². The number of ether oxygens (including phenoxy) is 2. The van der Waals surface area contributed by atoms with Crippen LogP contribution >= 0.6 is 0 Å². The Balaban J connectivity index is 1.32. The van der Waals surface area contributed by atoms with Gasteiger partial charge in [-0.2, -0.15) is 0 Å². The average molecular weight is 482 g/mol. The van der Waals surface area contributed by atoms with E-state index in [-0.39, 0.29) is 30.2 Å². The van der Waals surface area contributed by atoms with E-state index in [1.165, 1.54) is 0 Å². The molecule has 1 fully saturated rings. The predicted molar refractivity (Wildman–Crippen MR) is 128 cm³/mol. The Labute approximate surface area is 203 Å². The van der Waals surface area contributed by atoms with Crippen molar-refractivity contribution in [3.63, 3.8) is 0 Å². The number of hydrogen-bond acceptors (Lipinski definition) is 5. The summed E-state index contributed by atoms with van der Waals surface area (Å²) >= 11 is 0. The molecule has 1 aliphatic heterocycles. The number of halogens is 2. The number of likely N-dealkylation sites (tertiary alicyclic amines) is 1. The third-order valence-electron chi connectivity index (χ3n) is 6.21. The second kappa shape index (κ2) is 11.8. The fraction of sp³-hybridized carbons (Fsp3) is 0.333. The summed E-state index contributed by atoms with van der Waals surface area (Å²) in [5.41, 5.74) is 1.66. The molecule has 1 amide bonds. The molecule has 1 atom stereocenters. The van der Waals surface area contributed by atoms with Crippen LogP contribution in [0.1, 0.15) is 30.1 Å². The fourth-order valence-electron chi connectivity index (χ4n) is 4.25. The van der Waals surface area contributed by atoms with Crippen molar-refractivity contribution in [2.24, 2.45) is 5.92 Å². The van der Waals surface area contributed by atoms with Crippen LogP contribution in [-0.2, 0) is 4.79 Å². The maximum Gasteiger partial charge on any atom is 0.224 e. The maximum atomic E-state index is 13.7. The Morgan fingerprint density at radius 2 is 1.94 bits per heavy atom. The molecule has 0 saturated carbocycles. The zero-order chi connectivity index (χ0) is 24.6. The number of nitrogens with one attached hydrogen (secondary N) is 1. The first-order valence-electron chi connectivity index (χ1n) is 11.7. The summed E-state index contributed by atoms with van der Waals surface area (Å²) in [5.74, 6) is -0.624. The molecule has 3 aromatic rings. The van der Waals surface area contributed by atoms with Gasteiger partial charge in [0.1, 0.15) is 18.2 Å². The standard InChI is InChI=1S/C27H29F2N3O3/c1-34-22-6-4-5-20(17-22)26(24-7-2-3-12-30-24)31-27(33)19-10-13-32(14-11-19)15-16-35-25-18-21(28)8-9-23(25)29/h2-9,12,17-19,26H,10-11,13-16H2,1H3,(H,31,33)/t26-/m1/s1. The zero-order valence-corrected chi connectivity index (χ0v) is 19.6. The van der Waals surface area contributed by atoms with Crippen LogP contribution in [0.3, 0.4) is 0 Å². The Morgan fingerprint density at radius 3 is 2.69 bits per heavy atom. The Hall–Kier alpha value is -3.52. The van der Waals surface area contributed by atoms with Crippen molar-refractivity contribution in [1.82, 2.24) is 15.2 Å². The van der Waals surface area contributed by atoms with Gasteiger partial charge < -0.3 is 14.8 Å². The molecule has 6 nitrogen and oxygen atoms in total. The average Bonchev–Trinajstić information content (AvgIpc) is 2.90. The highest BCUT2D eigenvalue weighted by molar-refractivity contribution is 5.79. The van der Waals surface area contributed by atoms with E-state index in [1.54, 1.807) is 13.3 Å². The molecule has 2 aromatic carbocycles. The van der Waals surface area contributed by atoms with E-state index < -0.39 is 11.6 Å². The molecule has 0 aliphatic carbocycles. The summed E-state index contributed by atoms with van der Waals surface area (Å²) in [7, 11) is 1.61. The maximum absolute atomic E-state index is 13.7. The van der Waals surface area contributed by atoms with Gasteiger partial charge in [0.15, 0.2) is 11.6 Å². The van der Waals surface area contributed by atoms with Gasteiger partial charge in [-0.15, -0.1) is 0 Å². The smallest absolute Gasteiger partial charge is 0.224 e. The summed E-state index contributed by atoms with van der Waals surface area (Å²) < 4.78 is 37.8. The number of pyridine rings is 1. The van der Waals surface area contributed by atoms with E-state index in [0.717, 1.165) is 42.5 Å². The first-order chi connectivity index (χ1) is 17.0. The van der Waals surface area contributed by atoms with Crippen LogP contribution < -0.4 is 14.8 Å². The van der Waals surface area contributed by atoms with E-state index in [1.807, 2.05) is 42.5 Å². The topological polar surface area (TPSA) is 63.7 Å². The number of methoxy groups -OCH3 is 1. The Bertz CT molecular complexity index is 1120. The molecule has 1 aromatic heterocycles. The minimum atomic E-state index is -0.583. The van der Waals surface area contributed by atoms with Gasteiger partial charge in [0, 0.05) is 24.7 Å². The molecule has 35 heavy (non-hydrogen) atoms. The van der Waals surface area contributed by atoms with Crippen LogP contribution in [-0.4, -0.2) is 49.1 Å². The SMILES string of the molecule is COc1cccc([C@@H](NC(=O)C2CCN(CCOc3cc(F)ccc3F)CC2)c2ccccn2)c1. The predicted octanol–water partition coefficient (Wildman–Crippen LogP) is 4.37. The quantitative estimate of drug-likeness (QED) is 0.492. The second-order valence-corrected chi connectivity index (χ2v) is 8.51. The van der Waals surface area contributed by atoms with Crippen LogP contribution in [0.2, 0.25) is 0 Å². The summed E-state index contributed by atoms with van der Waals surface area (Å²) in [6.07, 6.45) is 3.12. The first kappa shape index (κ1) is 24.6. The van der Waals surface area contributed by atoms with Gasteiger partial charge >= 0.3 is 0 Å². The molecule has 8 heteroatoms. The molecular weight excluding hydrogens is 452 g/mol. The number of hydrogen-bond donors (Lipinski definition) is 1. The lowest BCUT2D eigenvalue weighted by molar-refractivity contribution is -0.127. The van der Waals surface area contributed by atoms with Gasteiger partial charge in [-0.3, -0.25) is 14.7 Å². The molecule has 184 valence electrons. The molecule has 1 N–H and O–H groups in total. The number of nitrogens with zero attached hydrogens (tertiary/aromatic N) is 2. The number of aromatic nitrogens is 1. The molecule has 4 rings (SSSR count). The van der Waals surface area contributed by atoms with Crippen molar-refractivity contribution in [3.05, 3.63) is 89.8 Å². The Kier molecular flexibility index (Phi) is 8.26. The minimum absolute atomic E-state index is 0.0128. The van der Waals surface area contributed by atoms with Crippen molar-refractivity contribution in [3.8, 4) is 11.5 Å². The van der Waals surface area contributed by atoms with Gasteiger partial charge in [0.2, 0.25) is 5.91 Å². The van der Waals surface area contributed by atoms with Crippen molar-refractivity contribution >= 4 is 5.91 Å². The van der Waals surface area contributed by atoms with Gasteiger partial charge in [-0.25, -0.2) is 8.78 Å². The number of piperidine rings is 1. The van der Waals surface area contributed by atoms with Crippen LogP contribution in [0.15, 0.2) is 66.9 Å². The fourth-order valence-corrected chi connectivity index (χ4v) is 4.25. The molecule has 0 radical (unpaired) electrons.